The van der Waals surface area contributed by atoms with E-state index in [4.69, 9.17) is 23.2 Å². The van der Waals surface area contributed by atoms with E-state index in [2.05, 4.69) is 10.3 Å². The molecule has 24 heavy (non-hydrogen) atoms. The molecule has 0 aliphatic rings. The molecule has 0 fully saturated rings. The van der Waals surface area contributed by atoms with Crippen LogP contribution in [0.1, 0.15) is 11.1 Å². The van der Waals surface area contributed by atoms with Gasteiger partial charge >= 0.3 is 0 Å². The number of carbonyl (C=O) groups is 1. The predicted octanol–water partition coefficient (Wildman–Crippen LogP) is 5.61. The lowest BCUT2D eigenvalue weighted by atomic mass is 10.1. The van der Waals surface area contributed by atoms with E-state index in [9.17, 15) is 4.79 Å². The van der Waals surface area contributed by atoms with Crippen LogP contribution in [0.5, 0.6) is 0 Å². The van der Waals surface area contributed by atoms with E-state index < -0.39 is 0 Å². The van der Waals surface area contributed by atoms with Crippen molar-refractivity contribution in [2.75, 3.05) is 5.32 Å². The number of hydrogen-bond donors (Lipinski definition) is 1. The van der Waals surface area contributed by atoms with Crippen molar-refractivity contribution in [3.8, 4) is 11.3 Å². The number of nitrogens with zero attached hydrogens (tertiary/aromatic N) is 1. The van der Waals surface area contributed by atoms with Crippen molar-refractivity contribution < 1.29 is 4.79 Å². The smallest absolute Gasteiger partial charge is 0.230 e. The van der Waals surface area contributed by atoms with Crippen LogP contribution in [-0.4, -0.2) is 10.9 Å². The van der Waals surface area contributed by atoms with Crippen LogP contribution in [0.25, 0.3) is 11.3 Å². The highest BCUT2D eigenvalue weighted by Crippen LogP contribution is 2.27. The van der Waals surface area contributed by atoms with Gasteiger partial charge in [0.2, 0.25) is 5.91 Å². The van der Waals surface area contributed by atoms with Gasteiger partial charge in [-0.2, -0.15) is 0 Å². The zero-order valence-corrected chi connectivity index (χ0v) is 15.2. The van der Waals surface area contributed by atoms with E-state index in [-0.39, 0.29) is 12.3 Å². The summed E-state index contributed by atoms with van der Waals surface area (Å²) in [6.45, 7) is 2.04. The molecule has 0 bridgehead atoms. The molecule has 1 heterocycles. The summed E-state index contributed by atoms with van der Waals surface area (Å²) in [6, 6.07) is 13.3. The van der Waals surface area contributed by atoms with E-state index in [0.717, 1.165) is 11.3 Å². The summed E-state index contributed by atoms with van der Waals surface area (Å²) in [6.07, 6.45) is 0.109. The number of halogens is 2. The second kappa shape index (κ2) is 7.34. The molecule has 0 atom stereocenters. The molecule has 6 heteroatoms. The minimum absolute atomic E-state index is 0.109. The Morgan fingerprint density at radius 2 is 1.79 bits per heavy atom. The minimum atomic E-state index is -0.199. The van der Waals surface area contributed by atoms with Crippen LogP contribution in [0.4, 0.5) is 5.13 Å². The first-order chi connectivity index (χ1) is 11.5. The summed E-state index contributed by atoms with van der Waals surface area (Å²) in [7, 11) is 0. The lowest BCUT2D eigenvalue weighted by Crippen LogP contribution is -2.14. The van der Waals surface area contributed by atoms with Gasteiger partial charge in [0.05, 0.1) is 12.1 Å². The number of anilines is 1. The average molecular weight is 377 g/mol. The van der Waals surface area contributed by atoms with Gasteiger partial charge in [0.15, 0.2) is 5.13 Å². The average Bonchev–Trinajstić information content (AvgIpc) is 3.00. The Morgan fingerprint density at radius 3 is 2.46 bits per heavy atom. The maximum absolute atomic E-state index is 12.2. The molecule has 0 saturated carbocycles. The Morgan fingerprint density at radius 1 is 1.12 bits per heavy atom. The van der Waals surface area contributed by atoms with Gasteiger partial charge in [-0.15, -0.1) is 11.3 Å². The maximum Gasteiger partial charge on any atom is 0.230 e. The SMILES string of the molecule is Cc1ccc(-c2csc(NC(=O)Cc3c(Cl)cccc3Cl)n2)cc1. The van der Waals surface area contributed by atoms with Crippen LogP contribution >= 0.6 is 34.5 Å². The summed E-state index contributed by atoms with van der Waals surface area (Å²) in [5.74, 6) is -0.199. The topological polar surface area (TPSA) is 42.0 Å². The number of rotatable bonds is 4. The largest absolute Gasteiger partial charge is 0.302 e. The highest BCUT2D eigenvalue weighted by molar-refractivity contribution is 7.14. The lowest BCUT2D eigenvalue weighted by molar-refractivity contribution is -0.115. The number of carbonyl (C=O) groups excluding carboxylic acids is 1. The standard InChI is InChI=1S/C18H14Cl2N2OS/c1-11-5-7-12(8-6-11)16-10-24-18(21-16)22-17(23)9-13-14(19)3-2-4-15(13)20/h2-8,10H,9H2,1H3,(H,21,22,23). The van der Waals surface area contributed by atoms with Gasteiger partial charge in [-0.05, 0) is 24.6 Å². The Kier molecular flexibility index (Phi) is 5.19. The van der Waals surface area contributed by atoms with Crippen molar-refractivity contribution in [2.24, 2.45) is 0 Å². The van der Waals surface area contributed by atoms with Gasteiger partial charge in [0, 0.05) is 21.0 Å². The fourth-order valence-electron chi connectivity index (χ4n) is 2.21. The highest BCUT2D eigenvalue weighted by atomic mass is 35.5. The highest BCUT2D eigenvalue weighted by Gasteiger charge is 2.13. The first-order valence-electron chi connectivity index (χ1n) is 7.28. The number of hydrogen-bond acceptors (Lipinski definition) is 3. The molecule has 3 aromatic rings. The fraction of sp³-hybridized carbons (Fsp3) is 0.111. The molecule has 0 spiro atoms. The van der Waals surface area contributed by atoms with Gasteiger partial charge in [-0.1, -0.05) is 59.1 Å². The van der Waals surface area contributed by atoms with Crippen LogP contribution in [0, 0.1) is 6.92 Å². The molecule has 122 valence electrons. The van der Waals surface area contributed by atoms with Crippen molar-refractivity contribution >= 4 is 45.6 Å². The van der Waals surface area contributed by atoms with Gasteiger partial charge in [0.25, 0.3) is 0 Å². The van der Waals surface area contributed by atoms with Crippen LogP contribution in [-0.2, 0) is 11.2 Å². The second-order valence-electron chi connectivity index (χ2n) is 5.33. The summed E-state index contributed by atoms with van der Waals surface area (Å²) in [5, 5.41) is 6.24. The molecular weight excluding hydrogens is 363 g/mol. The molecule has 0 saturated heterocycles. The molecular formula is C18H14Cl2N2OS. The summed E-state index contributed by atoms with van der Waals surface area (Å²) in [5.41, 5.74) is 3.67. The molecule has 2 aromatic carbocycles. The zero-order valence-electron chi connectivity index (χ0n) is 12.8. The summed E-state index contributed by atoms with van der Waals surface area (Å²) >= 11 is 13.6. The number of thiazole rings is 1. The fourth-order valence-corrected chi connectivity index (χ4v) is 3.48. The van der Waals surface area contributed by atoms with E-state index in [1.807, 2.05) is 36.6 Å². The molecule has 3 nitrogen and oxygen atoms in total. The Balaban J connectivity index is 1.70. The molecule has 0 radical (unpaired) electrons. The minimum Gasteiger partial charge on any atom is -0.302 e. The normalized spacial score (nSPS) is 10.6. The van der Waals surface area contributed by atoms with Crippen molar-refractivity contribution in [1.82, 2.24) is 4.98 Å². The Labute approximate surface area is 154 Å². The van der Waals surface area contributed by atoms with E-state index in [0.29, 0.717) is 20.7 Å². The number of nitrogens with one attached hydrogen (secondary N) is 1. The number of aromatic nitrogens is 1. The third-order valence-corrected chi connectivity index (χ3v) is 4.96. The molecule has 3 rings (SSSR count). The quantitative estimate of drug-likeness (QED) is 0.642. The van der Waals surface area contributed by atoms with Crippen molar-refractivity contribution in [2.45, 2.75) is 13.3 Å². The first kappa shape index (κ1) is 17.0. The van der Waals surface area contributed by atoms with Gasteiger partial charge in [0.1, 0.15) is 0 Å². The van der Waals surface area contributed by atoms with Gasteiger partial charge in [-0.3, -0.25) is 4.79 Å². The molecule has 0 aliphatic heterocycles. The number of benzene rings is 2. The maximum atomic E-state index is 12.2. The van der Waals surface area contributed by atoms with Crippen LogP contribution in [0.15, 0.2) is 47.8 Å². The van der Waals surface area contributed by atoms with E-state index in [1.54, 1.807) is 18.2 Å². The molecule has 1 N–H and O–H groups in total. The third kappa shape index (κ3) is 3.96. The number of aryl methyl sites for hydroxylation is 1. The summed E-state index contributed by atoms with van der Waals surface area (Å²) < 4.78 is 0. The monoisotopic (exact) mass is 376 g/mol. The van der Waals surface area contributed by atoms with Crippen LogP contribution in [0.3, 0.4) is 0 Å². The first-order valence-corrected chi connectivity index (χ1v) is 8.92. The zero-order chi connectivity index (χ0) is 17.1. The number of amides is 1. The Hall–Kier alpha value is -1.88. The van der Waals surface area contributed by atoms with Crippen molar-refractivity contribution in [3.05, 3.63) is 69.0 Å². The lowest BCUT2D eigenvalue weighted by Gasteiger charge is -2.06. The van der Waals surface area contributed by atoms with Crippen molar-refractivity contribution in [1.29, 1.82) is 0 Å². The predicted molar refractivity (Wildman–Crippen MR) is 101 cm³/mol. The van der Waals surface area contributed by atoms with Crippen LogP contribution in [0.2, 0.25) is 10.0 Å². The van der Waals surface area contributed by atoms with E-state index in [1.165, 1.54) is 16.9 Å². The van der Waals surface area contributed by atoms with Crippen LogP contribution < -0.4 is 5.32 Å². The third-order valence-electron chi connectivity index (χ3n) is 3.50. The Bertz CT molecular complexity index is 855. The molecule has 1 aromatic heterocycles. The summed E-state index contributed by atoms with van der Waals surface area (Å²) in [4.78, 5) is 16.7. The van der Waals surface area contributed by atoms with Gasteiger partial charge in [-0.25, -0.2) is 4.98 Å². The van der Waals surface area contributed by atoms with E-state index >= 15 is 0 Å². The molecule has 1 amide bonds. The van der Waals surface area contributed by atoms with Crippen molar-refractivity contribution in [3.63, 3.8) is 0 Å². The molecule has 0 unspecified atom stereocenters. The molecule has 0 aliphatic carbocycles. The van der Waals surface area contributed by atoms with Gasteiger partial charge < -0.3 is 5.32 Å². The second-order valence-corrected chi connectivity index (χ2v) is 7.00.